The molecule has 0 aromatic rings. The van der Waals surface area contributed by atoms with Crippen molar-refractivity contribution < 1.29 is 0 Å². The van der Waals surface area contributed by atoms with Crippen LogP contribution in [-0.4, -0.2) is 12.1 Å². The first-order valence-corrected chi connectivity index (χ1v) is 4.70. The van der Waals surface area contributed by atoms with Crippen molar-refractivity contribution in [2.24, 2.45) is 11.8 Å². The van der Waals surface area contributed by atoms with Gasteiger partial charge < -0.3 is 5.32 Å². The van der Waals surface area contributed by atoms with E-state index in [1.165, 1.54) is 12.8 Å². The van der Waals surface area contributed by atoms with E-state index in [0.717, 1.165) is 17.9 Å². The molecule has 3 unspecified atom stereocenters. The largest absolute Gasteiger partial charge is 0.311 e. The summed E-state index contributed by atoms with van der Waals surface area (Å²) in [5.41, 5.74) is 0. The van der Waals surface area contributed by atoms with E-state index in [1.54, 1.807) is 0 Å². The van der Waals surface area contributed by atoms with Gasteiger partial charge in [-0.3, -0.25) is 0 Å². The molecule has 1 heteroatoms. The Morgan fingerprint density at radius 2 is 2.09 bits per heavy atom. The van der Waals surface area contributed by atoms with Gasteiger partial charge in [-0.1, -0.05) is 26.0 Å². The van der Waals surface area contributed by atoms with Crippen LogP contribution in [0.4, 0.5) is 0 Å². The molecule has 1 N–H and O–H groups in total. The van der Waals surface area contributed by atoms with Gasteiger partial charge in [0.05, 0.1) is 0 Å². The lowest BCUT2D eigenvalue weighted by molar-refractivity contribution is 0.413. The van der Waals surface area contributed by atoms with E-state index in [4.69, 9.17) is 0 Å². The summed E-state index contributed by atoms with van der Waals surface area (Å²) in [6.07, 6.45) is 7.57. The van der Waals surface area contributed by atoms with Gasteiger partial charge in [-0.2, -0.15) is 0 Å². The van der Waals surface area contributed by atoms with Crippen molar-refractivity contribution in [1.82, 2.24) is 5.32 Å². The van der Waals surface area contributed by atoms with Crippen molar-refractivity contribution in [3.8, 4) is 0 Å². The maximum atomic E-state index is 3.62. The fraction of sp³-hybridized carbons (Fsp3) is 0.800. The smallest absolute Gasteiger partial charge is 0.0138 e. The molecule has 2 aliphatic rings. The summed E-state index contributed by atoms with van der Waals surface area (Å²) >= 11 is 0. The van der Waals surface area contributed by atoms with Gasteiger partial charge in [-0.25, -0.2) is 0 Å². The van der Waals surface area contributed by atoms with Crippen LogP contribution < -0.4 is 5.32 Å². The molecule has 1 fully saturated rings. The van der Waals surface area contributed by atoms with Crippen molar-refractivity contribution in [2.75, 3.05) is 0 Å². The zero-order valence-corrected chi connectivity index (χ0v) is 7.38. The Hall–Kier alpha value is -0.300. The normalized spacial score (nSPS) is 40.8. The molecule has 0 amide bonds. The Morgan fingerprint density at radius 3 is 2.55 bits per heavy atom. The first kappa shape index (κ1) is 7.35. The first-order chi connectivity index (χ1) is 5.25. The molecule has 1 saturated carbocycles. The van der Waals surface area contributed by atoms with Gasteiger partial charge in [0.15, 0.2) is 0 Å². The number of hydrogen-bond acceptors (Lipinski definition) is 1. The number of fused-ring (bicyclic) bond motifs is 2. The standard InChI is InChI=1S/C10H17N/c1-7(2)11-10-6-8-3-4-9(10)5-8/h3-4,7-11H,5-6H2,1-2H3. The molecule has 0 saturated heterocycles. The summed E-state index contributed by atoms with van der Waals surface area (Å²) in [6, 6.07) is 1.43. The van der Waals surface area contributed by atoms with E-state index in [-0.39, 0.29) is 0 Å². The van der Waals surface area contributed by atoms with Gasteiger partial charge in [0.25, 0.3) is 0 Å². The summed E-state index contributed by atoms with van der Waals surface area (Å²) in [4.78, 5) is 0. The molecule has 0 heterocycles. The SMILES string of the molecule is CC(C)NC1CC2C=CC1C2. The minimum absolute atomic E-state index is 0.646. The maximum Gasteiger partial charge on any atom is 0.0138 e. The van der Waals surface area contributed by atoms with Gasteiger partial charge >= 0.3 is 0 Å². The van der Waals surface area contributed by atoms with E-state index in [1.807, 2.05) is 0 Å². The van der Waals surface area contributed by atoms with Crippen molar-refractivity contribution >= 4 is 0 Å². The van der Waals surface area contributed by atoms with Crippen molar-refractivity contribution in [3.63, 3.8) is 0 Å². The lowest BCUT2D eigenvalue weighted by atomic mass is 10.0. The van der Waals surface area contributed by atoms with Crippen LogP contribution in [0.25, 0.3) is 0 Å². The third-order valence-electron chi connectivity index (χ3n) is 2.83. The molecule has 2 rings (SSSR count). The van der Waals surface area contributed by atoms with Crippen LogP contribution in [0.3, 0.4) is 0 Å². The van der Waals surface area contributed by atoms with Crippen LogP contribution in [-0.2, 0) is 0 Å². The van der Waals surface area contributed by atoms with Gasteiger partial charge in [0.2, 0.25) is 0 Å². The molecule has 62 valence electrons. The lowest BCUT2D eigenvalue weighted by Crippen LogP contribution is -2.37. The molecule has 0 aliphatic heterocycles. The first-order valence-electron chi connectivity index (χ1n) is 4.70. The predicted molar refractivity (Wildman–Crippen MR) is 47.4 cm³/mol. The van der Waals surface area contributed by atoms with Crippen LogP contribution in [0.1, 0.15) is 26.7 Å². The molecule has 0 spiro atoms. The molecular weight excluding hydrogens is 134 g/mol. The van der Waals surface area contributed by atoms with E-state index in [0.29, 0.717) is 6.04 Å². The van der Waals surface area contributed by atoms with Crippen molar-refractivity contribution in [3.05, 3.63) is 12.2 Å². The zero-order valence-electron chi connectivity index (χ0n) is 7.38. The number of rotatable bonds is 2. The second-order valence-electron chi connectivity index (χ2n) is 4.21. The quantitative estimate of drug-likeness (QED) is 0.595. The fourth-order valence-electron chi connectivity index (χ4n) is 2.40. The van der Waals surface area contributed by atoms with Crippen LogP contribution >= 0.6 is 0 Å². The Kier molecular flexibility index (Phi) is 1.76. The highest BCUT2D eigenvalue weighted by atomic mass is 15.0. The molecular formula is C10H17N. The minimum atomic E-state index is 0.646. The van der Waals surface area contributed by atoms with Gasteiger partial charge in [0.1, 0.15) is 0 Å². The molecule has 3 atom stereocenters. The highest BCUT2D eigenvalue weighted by Crippen LogP contribution is 2.38. The summed E-state index contributed by atoms with van der Waals surface area (Å²) in [5.74, 6) is 1.75. The van der Waals surface area contributed by atoms with E-state index in [2.05, 4.69) is 31.3 Å². The Labute approximate surface area is 68.9 Å². The third-order valence-corrected chi connectivity index (χ3v) is 2.83. The molecule has 0 radical (unpaired) electrons. The molecule has 2 aliphatic carbocycles. The fourth-order valence-corrected chi connectivity index (χ4v) is 2.40. The summed E-state index contributed by atoms with van der Waals surface area (Å²) in [6.45, 7) is 4.46. The lowest BCUT2D eigenvalue weighted by Gasteiger charge is -2.22. The van der Waals surface area contributed by atoms with Crippen LogP contribution in [0.15, 0.2) is 12.2 Å². The van der Waals surface area contributed by atoms with Crippen LogP contribution in [0.2, 0.25) is 0 Å². The van der Waals surface area contributed by atoms with Crippen molar-refractivity contribution in [2.45, 2.75) is 38.8 Å². The zero-order chi connectivity index (χ0) is 7.84. The van der Waals surface area contributed by atoms with Gasteiger partial charge in [-0.15, -0.1) is 0 Å². The Bertz CT molecular complexity index is 172. The summed E-state index contributed by atoms with van der Waals surface area (Å²) in [7, 11) is 0. The second-order valence-corrected chi connectivity index (χ2v) is 4.21. The molecule has 11 heavy (non-hydrogen) atoms. The van der Waals surface area contributed by atoms with Gasteiger partial charge in [0, 0.05) is 12.1 Å². The van der Waals surface area contributed by atoms with E-state index >= 15 is 0 Å². The van der Waals surface area contributed by atoms with E-state index < -0.39 is 0 Å². The van der Waals surface area contributed by atoms with Gasteiger partial charge in [-0.05, 0) is 24.7 Å². The summed E-state index contributed by atoms with van der Waals surface area (Å²) in [5, 5.41) is 3.62. The molecule has 2 bridgehead atoms. The third kappa shape index (κ3) is 1.34. The Morgan fingerprint density at radius 1 is 1.27 bits per heavy atom. The van der Waals surface area contributed by atoms with Crippen LogP contribution in [0, 0.1) is 11.8 Å². The van der Waals surface area contributed by atoms with Crippen LogP contribution in [0.5, 0.6) is 0 Å². The Balaban J connectivity index is 1.93. The average Bonchev–Trinajstić information content (AvgIpc) is 2.45. The second kappa shape index (κ2) is 2.63. The number of nitrogens with one attached hydrogen (secondary N) is 1. The predicted octanol–water partition coefficient (Wildman–Crippen LogP) is 1.95. The number of hydrogen-bond donors (Lipinski definition) is 1. The number of allylic oxidation sites excluding steroid dienone is 1. The monoisotopic (exact) mass is 151 g/mol. The molecule has 0 aromatic heterocycles. The topological polar surface area (TPSA) is 12.0 Å². The maximum absolute atomic E-state index is 3.62. The summed E-state index contributed by atoms with van der Waals surface area (Å²) < 4.78 is 0. The average molecular weight is 151 g/mol. The van der Waals surface area contributed by atoms with Crippen molar-refractivity contribution in [1.29, 1.82) is 0 Å². The molecule has 1 nitrogen and oxygen atoms in total. The van der Waals surface area contributed by atoms with E-state index in [9.17, 15) is 0 Å². The highest BCUT2D eigenvalue weighted by molar-refractivity contribution is 5.12. The highest BCUT2D eigenvalue weighted by Gasteiger charge is 2.35. The minimum Gasteiger partial charge on any atom is -0.311 e. The molecule has 0 aromatic carbocycles.